The zero-order valence-corrected chi connectivity index (χ0v) is 12.4. The van der Waals surface area contributed by atoms with Gasteiger partial charge in [-0.05, 0) is 41.5 Å². The van der Waals surface area contributed by atoms with Gasteiger partial charge in [0.05, 0.1) is 12.5 Å². The lowest BCUT2D eigenvalue weighted by Crippen LogP contribution is -2.02. The summed E-state index contributed by atoms with van der Waals surface area (Å²) >= 11 is 0. The van der Waals surface area contributed by atoms with Crippen LogP contribution in [0.25, 0.3) is 10.8 Å². The van der Waals surface area contributed by atoms with E-state index in [0.717, 1.165) is 5.56 Å². The van der Waals surface area contributed by atoms with E-state index in [4.69, 9.17) is 4.74 Å². The van der Waals surface area contributed by atoms with Crippen molar-refractivity contribution >= 4 is 16.7 Å². The van der Waals surface area contributed by atoms with Gasteiger partial charge in [0.2, 0.25) is 0 Å². The van der Waals surface area contributed by atoms with E-state index in [1.54, 1.807) is 13.0 Å². The molecular weight excluding hydrogens is 272 g/mol. The molecule has 0 heterocycles. The summed E-state index contributed by atoms with van der Waals surface area (Å²) in [5.74, 6) is -1.66. The van der Waals surface area contributed by atoms with Crippen LogP contribution in [0.5, 0.6) is 17.2 Å². The second-order valence-electron chi connectivity index (χ2n) is 5.32. The molecule has 2 rings (SSSR count). The summed E-state index contributed by atoms with van der Waals surface area (Å²) in [5.41, 5.74) is 1.24. The second kappa shape index (κ2) is 5.16. The number of phenols is 2. The Morgan fingerprint density at radius 2 is 1.81 bits per heavy atom. The van der Waals surface area contributed by atoms with E-state index in [1.165, 1.54) is 13.2 Å². The molecule has 0 aromatic heterocycles. The molecule has 112 valence electrons. The highest BCUT2D eigenvalue weighted by molar-refractivity contribution is 6.05. The summed E-state index contributed by atoms with van der Waals surface area (Å²) in [6, 6.07) is 3.24. The molecule has 0 aliphatic rings. The lowest BCUT2D eigenvalue weighted by molar-refractivity contribution is 0.0694. The molecule has 0 saturated heterocycles. The number of benzene rings is 2. The van der Waals surface area contributed by atoms with Crippen LogP contribution in [0.3, 0.4) is 0 Å². The number of phenolic OH excluding ortho intramolecular Hbond substituents is 1. The predicted octanol–water partition coefficient (Wildman–Crippen LogP) is 3.39. The maximum absolute atomic E-state index is 11.3. The van der Waals surface area contributed by atoms with E-state index in [2.05, 4.69) is 0 Å². The van der Waals surface area contributed by atoms with Gasteiger partial charge in [-0.3, -0.25) is 0 Å². The molecular formula is C16H18O5. The lowest BCUT2D eigenvalue weighted by atomic mass is 9.91. The molecule has 0 aliphatic carbocycles. The Hall–Kier alpha value is -2.43. The van der Waals surface area contributed by atoms with Crippen LogP contribution in [0.4, 0.5) is 0 Å². The third-order valence-electron chi connectivity index (χ3n) is 3.60. The zero-order valence-electron chi connectivity index (χ0n) is 12.4. The van der Waals surface area contributed by atoms with E-state index >= 15 is 0 Å². The molecule has 0 fully saturated rings. The van der Waals surface area contributed by atoms with Gasteiger partial charge in [-0.2, -0.15) is 0 Å². The summed E-state index contributed by atoms with van der Waals surface area (Å²) in [5, 5.41) is 30.5. The fourth-order valence-corrected chi connectivity index (χ4v) is 2.58. The minimum Gasteiger partial charge on any atom is -0.506 e. The van der Waals surface area contributed by atoms with E-state index in [1.807, 2.05) is 13.8 Å². The van der Waals surface area contributed by atoms with Crippen molar-refractivity contribution in [1.29, 1.82) is 0 Å². The first-order chi connectivity index (χ1) is 9.79. The number of ether oxygens (including phenoxy) is 1. The molecule has 3 N–H and O–H groups in total. The van der Waals surface area contributed by atoms with Gasteiger partial charge in [-0.25, -0.2) is 4.79 Å². The number of fused-ring (bicyclic) bond motifs is 1. The molecule has 0 radical (unpaired) electrons. The highest BCUT2D eigenvalue weighted by atomic mass is 16.5. The van der Waals surface area contributed by atoms with Gasteiger partial charge in [0, 0.05) is 0 Å². The topological polar surface area (TPSA) is 87.0 Å². The molecule has 5 heteroatoms. The third-order valence-corrected chi connectivity index (χ3v) is 3.60. The van der Waals surface area contributed by atoms with E-state index in [-0.39, 0.29) is 28.4 Å². The highest BCUT2D eigenvalue weighted by Gasteiger charge is 2.23. The Morgan fingerprint density at radius 3 is 2.29 bits per heavy atom. The monoisotopic (exact) mass is 290 g/mol. The van der Waals surface area contributed by atoms with Crippen LogP contribution < -0.4 is 4.74 Å². The molecule has 0 unspecified atom stereocenters. The zero-order chi connectivity index (χ0) is 15.9. The number of carboxylic acid groups (broad SMARTS) is 1. The van der Waals surface area contributed by atoms with Crippen molar-refractivity contribution in [2.24, 2.45) is 0 Å². The SMILES string of the molecule is COc1c(C)cc2c(C(C)C)cc(C(=O)O)c(O)c2c1O. The molecule has 0 atom stereocenters. The van der Waals surface area contributed by atoms with Crippen LogP contribution in [-0.4, -0.2) is 28.4 Å². The number of carbonyl (C=O) groups is 1. The van der Waals surface area contributed by atoms with Crippen molar-refractivity contribution in [2.45, 2.75) is 26.7 Å². The van der Waals surface area contributed by atoms with Crippen LogP contribution in [0.1, 0.15) is 41.3 Å². The molecule has 0 saturated carbocycles. The molecule has 5 nitrogen and oxygen atoms in total. The highest BCUT2D eigenvalue weighted by Crippen LogP contribution is 2.45. The van der Waals surface area contributed by atoms with Gasteiger partial charge < -0.3 is 20.1 Å². The number of aromatic hydroxyl groups is 2. The van der Waals surface area contributed by atoms with E-state index in [0.29, 0.717) is 10.9 Å². The van der Waals surface area contributed by atoms with Crippen LogP contribution in [0, 0.1) is 6.92 Å². The average Bonchev–Trinajstić information content (AvgIpc) is 2.37. The first-order valence-corrected chi connectivity index (χ1v) is 6.59. The first-order valence-electron chi connectivity index (χ1n) is 6.59. The van der Waals surface area contributed by atoms with Gasteiger partial charge in [0.15, 0.2) is 11.5 Å². The second-order valence-corrected chi connectivity index (χ2v) is 5.32. The molecule has 2 aromatic rings. The Labute approximate surface area is 122 Å². The maximum atomic E-state index is 11.3. The fourth-order valence-electron chi connectivity index (χ4n) is 2.58. The largest absolute Gasteiger partial charge is 0.506 e. The average molecular weight is 290 g/mol. The van der Waals surface area contributed by atoms with Crippen molar-refractivity contribution in [3.05, 3.63) is 28.8 Å². The minimum absolute atomic E-state index is 0.0402. The number of aromatic carboxylic acids is 1. The van der Waals surface area contributed by atoms with Gasteiger partial charge >= 0.3 is 5.97 Å². The van der Waals surface area contributed by atoms with Gasteiger partial charge in [-0.1, -0.05) is 13.8 Å². The number of aryl methyl sites for hydroxylation is 1. The van der Waals surface area contributed by atoms with Crippen LogP contribution in [0.15, 0.2) is 12.1 Å². The van der Waals surface area contributed by atoms with Gasteiger partial charge in [0.1, 0.15) is 11.3 Å². The molecule has 0 bridgehead atoms. The Morgan fingerprint density at radius 1 is 1.19 bits per heavy atom. The Bertz CT molecular complexity index is 732. The summed E-state index contributed by atoms with van der Waals surface area (Å²) in [6.45, 7) is 5.63. The van der Waals surface area contributed by atoms with Crippen molar-refractivity contribution in [3.63, 3.8) is 0 Å². The number of rotatable bonds is 3. The van der Waals surface area contributed by atoms with Crippen molar-refractivity contribution < 1.29 is 24.9 Å². The van der Waals surface area contributed by atoms with Crippen molar-refractivity contribution in [3.8, 4) is 17.2 Å². The van der Waals surface area contributed by atoms with Gasteiger partial charge in [0.25, 0.3) is 0 Å². The molecule has 2 aromatic carbocycles. The van der Waals surface area contributed by atoms with E-state index < -0.39 is 11.7 Å². The first kappa shape index (κ1) is 15.0. The summed E-state index contributed by atoms with van der Waals surface area (Å²) in [4.78, 5) is 11.3. The van der Waals surface area contributed by atoms with Crippen LogP contribution in [-0.2, 0) is 0 Å². The summed E-state index contributed by atoms with van der Waals surface area (Å²) in [7, 11) is 1.41. The van der Waals surface area contributed by atoms with Crippen molar-refractivity contribution in [2.75, 3.05) is 7.11 Å². The third kappa shape index (κ3) is 2.24. The molecule has 0 spiro atoms. The molecule has 0 amide bonds. The minimum atomic E-state index is -1.24. The Balaban J connectivity index is 3.05. The predicted molar refractivity (Wildman–Crippen MR) is 79.6 cm³/mol. The summed E-state index contributed by atoms with van der Waals surface area (Å²) < 4.78 is 5.13. The number of hydrogen-bond acceptors (Lipinski definition) is 4. The Kier molecular flexibility index (Phi) is 3.68. The maximum Gasteiger partial charge on any atom is 0.339 e. The molecule has 21 heavy (non-hydrogen) atoms. The molecule has 0 aliphatic heterocycles. The number of methoxy groups -OCH3 is 1. The van der Waals surface area contributed by atoms with Crippen LogP contribution in [0.2, 0.25) is 0 Å². The standard InChI is InChI=1S/C16H18O5/c1-7(2)9-6-11(16(19)20)13(17)12-10(9)5-8(3)15(21-4)14(12)18/h5-7,17-18H,1-4H3,(H,19,20). The van der Waals surface area contributed by atoms with Gasteiger partial charge in [-0.15, -0.1) is 0 Å². The smallest absolute Gasteiger partial charge is 0.339 e. The normalized spacial score (nSPS) is 11.1. The van der Waals surface area contributed by atoms with E-state index in [9.17, 15) is 20.1 Å². The summed E-state index contributed by atoms with van der Waals surface area (Å²) in [6.07, 6.45) is 0. The fraction of sp³-hybridized carbons (Fsp3) is 0.312. The quantitative estimate of drug-likeness (QED) is 0.806. The number of carboxylic acids is 1. The lowest BCUT2D eigenvalue weighted by Gasteiger charge is -2.17. The number of hydrogen-bond donors (Lipinski definition) is 3. The van der Waals surface area contributed by atoms with Crippen LogP contribution >= 0.6 is 0 Å². The van der Waals surface area contributed by atoms with Crippen molar-refractivity contribution in [1.82, 2.24) is 0 Å².